The summed E-state index contributed by atoms with van der Waals surface area (Å²) in [5.74, 6) is 1.43. The molecule has 0 saturated carbocycles. The zero-order valence-corrected chi connectivity index (χ0v) is 16.8. The number of fused-ring (bicyclic) bond motifs is 1. The van der Waals surface area contributed by atoms with Crippen LogP contribution in [0.1, 0.15) is 11.4 Å². The average molecular weight is 392 g/mol. The first kappa shape index (κ1) is 18.9. The van der Waals surface area contributed by atoms with Crippen LogP contribution < -0.4 is 14.8 Å². The highest BCUT2D eigenvalue weighted by Crippen LogP contribution is 2.31. The number of anilines is 1. The maximum atomic E-state index is 12.8. The molecule has 0 spiro atoms. The van der Waals surface area contributed by atoms with Gasteiger partial charge in [0.2, 0.25) is 0 Å². The van der Waals surface area contributed by atoms with Crippen LogP contribution in [0.3, 0.4) is 0 Å². The molecule has 3 aromatic rings. The molecule has 0 aliphatic carbocycles. The molecule has 0 radical (unpaired) electrons. The Hall–Kier alpha value is -3.48. The lowest BCUT2D eigenvalue weighted by atomic mass is 10.2. The van der Waals surface area contributed by atoms with E-state index in [0.717, 1.165) is 22.8 Å². The lowest BCUT2D eigenvalue weighted by Gasteiger charge is -2.29. The molecule has 150 valence electrons. The molecule has 1 atom stereocenters. The summed E-state index contributed by atoms with van der Waals surface area (Å²) in [4.78, 5) is 14.4. The molecule has 2 amide bonds. The molecule has 7 nitrogen and oxygen atoms in total. The summed E-state index contributed by atoms with van der Waals surface area (Å²) in [6.07, 6.45) is -0.230. The first-order chi connectivity index (χ1) is 14.0. The predicted molar refractivity (Wildman–Crippen MR) is 111 cm³/mol. The highest BCUT2D eigenvalue weighted by Gasteiger charge is 2.24. The SMILES string of the molecule is Cc1cc(C)n(-c2ccccc2NC(=O)N(C)C[C@H]2COc3ccccc3O2)n1. The molecule has 1 aromatic heterocycles. The number of nitrogens with zero attached hydrogens (tertiary/aromatic N) is 3. The molecule has 2 aromatic carbocycles. The number of hydrogen-bond acceptors (Lipinski definition) is 4. The standard InChI is InChI=1S/C22H24N4O3/c1-15-12-16(2)26(24-15)19-9-5-4-8-18(19)23-22(27)25(3)13-17-14-28-20-10-6-7-11-21(20)29-17/h4-12,17H,13-14H2,1-3H3,(H,23,27)/t17-/m0/s1. The van der Waals surface area contributed by atoms with Gasteiger partial charge in [-0.15, -0.1) is 0 Å². The highest BCUT2D eigenvalue weighted by molar-refractivity contribution is 5.91. The highest BCUT2D eigenvalue weighted by atomic mass is 16.6. The predicted octanol–water partition coefficient (Wildman–Crippen LogP) is 3.79. The Morgan fingerprint density at radius 1 is 1.17 bits per heavy atom. The van der Waals surface area contributed by atoms with Gasteiger partial charge in [-0.2, -0.15) is 5.10 Å². The zero-order chi connectivity index (χ0) is 20.4. The van der Waals surface area contributed by atoms with Crippen molar-refractivity contribution < 1.29 is 14.3 Å². The van der Waals surface area contributed by atoms with E-state index in [1.54, 1.807) is 11.9 Å². The van der Waals surface area contributed by atoms with Gasteiger partial charge in [-0.05, 0) is 44.2 Å². The largest absolute Gasteiger partial charge is 0.486 e. The number of carbonyl (C=O) groups excluding carboxylic acids is 1. The van der Waals surface area contributed by atoms with Gasteiger partial charge in [0.15, 0.2) is 17.6 Å². The lowest BCUT2D eigenvalue weighted by Crippen LogP contribution is -2.43. The minimum atomic E-state index is -0.230. The van der Waals surface area contributed by atoms with Gasteiger partial charge in [0.05, 0.1) is 23.6 Å². The van der Waals surface area contributed by atoms with Gasteiger partial charge in [0.25, 0.3) is 0 Å². The third-order valence-corrected chi connectivity index (χ3v) is 4.78. The number of urea groups is 1. The molecule has 0 fully saturated rings. The molecule has 1 aliphatic rings. The number of aromatic nitrogens is 2. The molecule has 29 heavy (non-hydrogen) atoms. The summed E-state index contributed by atoms with van der Waals surface area (Å²) in [6.45, 7) is 4.74. The molecule has 0 saturated heterocycles. The van der Waals surface area contributed by atoms with Crippen LogP contribution in [0, 0.1) is 13.8 Å². The summed E-state index contributed by atoms with van der Waals surface area (Å²) in [5.41, 5.74) is 3.45. The number of aryl methyl sites for hydroxylation is 2. The van der Waals surface area contributed by atoms with Crippen LogP contribution in [0.2, 0.25) is 0 Å². The number of hydrogen-bond donors (Lipinski definition) is 1. The van der Waals surface area contributed by atoms with Crippen molar-refractivity contribution in [2.75, 3.05) is 25.5 Å². The van der Waals surface area contributed by atoms with Gasteiger partial charge >= 0.3 is 6.03 Å². The molecule has 1 aliphatic heterocycles. The third kappa shape index (κ3) is 4.03. The number of rotatable bonds is 4. The van der Waals surface area contributed by atoms with Crippen LogP contribution in [0.4, 0.5) is 10.5 Å². The maximum Gasteiger partial charge on any atom is 0.321 e. The van der Waals surface area contributed by atoms with Crippen molar-refractivity contribution in [3.63, 3.8) is 0 Å². The minimum Gasteiger partial charge on any atom is -0.486 e. The second-order valence-electron chi connectivity index (χ2n) is 7.16. The average Bonchev–Trinajstić information content (AvgIpc) is 3.06. The molecule has 0 unspecified atom stereocenters. The van der Waals surface area contributed by atoms with Crippen molar-refractivity contribution in [1.82, 2.24) is 14.7 Å². The van der Waals surface area contributed by atoms with Gasteiger partial charge < -0.3 is 19.7 Å². The Morgan fingerprint density at radius 3 is 2.66 bits per heavy atom. The quantitative estimate of drug-likeness (QED) is 0.733. The second kappa shape index (κ2) is 7.87. The van der Waals surface area contributed by atoms with Crippen molar-refractivity contribution in [1.29, 1.82) is 0 Å². The van der Waals surface area contributed by atoms with E-state index in [2.05, 4.69) is 10.4 Å². The van der Waals surface area contributed by atoms with Gasteiger partial charge in [0.1, 0.15) is 6.61 Å². The maximum absolute atomic E-state index is 12.8. The second-order valence-corrected chi connectivity index (χ2v) is 7.16. The van der Waals surface area contributed by atoms with E-state index in [4.69, 9.17) is 9.47 Å². The monoisotopic (exact) mass is 392 g/mol. The first-order valence-electron chi connectivity index (χ1n) is 9.54. The fourth-order valence-corrected chi connectivity index (χ4v) is 3.39. The Kier molecular flexibility index (Phi) is 5.12. The van der Waals surface area contributed by atoms with Gasteiger partial charge in [-0.25, -0.2) is 9.48 Å². The molecule has 0 bridgehead atoms. The van der Waals surface area contributed by atoms with E-state index >= 15 is 0 Å². The van der Waals surface area contributed by atoms with E-state index in [9.17, 15) is 4.79 Å². The first-order valence-corrected chi connectivity index (χ1v) is 9.54. The number of para-hydroxylation sites is 4. The fourth-order valence-electron chi connectivity index (χ4n) is 3.39. The van der Waals surface area contributed by atoms with Crippen LogP contribution in [0.5, 0.6) is 11.5 Å². The molecule has 1 N–H and O–H groups in total. The number of nitrogens with one attached hydrogen (secondary N) is 1. The molecular formula is C22H24N4O3. The van der Waals surface area contributed by atoms with Gasteiger partial charge in [0, 0.05) is 12.7 Å². The summed E-state index contributed by atoms with van der Waals surface area (Å²) < 4.78 is 13.5. The molecule has 7 heteroatoms. The fraction of sp³-hybridized carbons (Fsp3) is 0.273. The van der Waals surface area contributed by atoms with E-state index < -0.39 is 0 Å². The molecular weight excluding hydrogens is 368 g/mol. The number of ether oxygens (including phenoxy) is 2. The van der Waals surface area contributed by atoms with Crippen LogP contribution in [0.15, 0.2) is 54.6 Å². The Balaban J connectivity index is 1.44. The zero-order valence-electron chi connectivity index (χ0n) is 16.8. The lowest BCUT2D eigenvalue weighted by molar-refractivity contribution is 0.0731. The number of carbonyl (C=O) groups is 1. The van der Waals surface area contributed by atoms with Gasteiger partial charge in [-0.3, -0.25) is 0 Å². The third-order valence-electron chi connectivity index (χ3n) is 4.78. The Morgan fingerprint density at radius 2 is 1.90 bits per heavy atom. The Labute approximate surface area is 169 Å². The minimum absolute atomic E-state index is 0.221. The summed E-state index contributed by atoms with van der Waals surface area (Å²) >= 11 is 0. The topological polar surface area (TPSA) is 68.6 Å². The van der Waals surface area contributed by atoms with E-state index in [1.807, 2.05) is 73.1 Å². The number of likely N-dealkylation sites (N-methyl/N-ethyl adjacent to an activating group) is 1. The van der Waals surface area contributed by atoms with Crippen LogP contribution in [-0.4, -0.2) is 47.0 Å². The van der Waals surface area contributed by atoms with E-state index in [-0.39, 0.29) is 12.1 Å². The van der Waals surface area contributed by atoms with Crippen molar-refractivity contribution >= 4 is 11.7 Å². The smallest absolute Gasteiger partial charge is 0.321 e. The number of benzene rings is 2. The molecule has 2 heterocycles. The van der Waals surface area contributed by atoms with Crippen molar-refractivity contribution in [2.45, 2.75) is 20.0 Å². The van der Waals surface area contributed by atoms with Crippen molar-refractivity contribution in [2.24, 2.45) is 0 Å². The molecule has 4 rings (SSSR count). The summed E-state index contributed by atoms with van der Waals surface area (Å²) in [6, 6.07) is 16.9. The van der Waals surface area contributed by atoms with Crippen LogP contribution in [0.25, 0.3) is 5.69 Å². The van der Waals surface area contributed by atoms with Gasteiger partial charge in [-0.1, -0.05) is 24.3 Å². The normalized spacial score (nSPS) is 15.1. The van der Waals surface area contributed by atoms with Crippen molar-refractivity contribution in [3.8, 4) is 17.2 Å². The van der Waals surface area contributed by atoms with E-state index in [1.165, 1.54) is 0 Å². The van der Waals surface area contributed by atoms with Crippen LogP contribution in [-0.2, 0) is 0 Å². The van der Waals surface area contributed by atoms with Crippen molar-refractivity contribution in [3.05, 3.63) is 66.0 Å². The van der Waals surface area contributed by atoms with E-state index in [0.29, 0.717) is 24.6 Å². The number of amides is 2. The summed E-state index contributed by atoms with van der Waals surface area (Å²) in [7, 11) is 1.74. The Bertz CT molecular complexity index is 1030. The summed E-state index contributed by atoms with van der Waals surface area (Å²) in [5, 5.41) is 7.51. The van der Waals surface area contributed by atoms with Crippen LogP contribution >= 0.6 is 0 Å².